The molecular formula is C23H27N7O2S. The highest BCUT2D eigenvalue weighted by atomic mass is 32.1. The Morgan fingerprint density at radius 2 is 1.85 bits per heavy atom. The molecule has 4 aromatic rings. The summed E-state index contributed by atoms with van der Waals surface area (Å²) in [4.78, 5) is 41.4. The van der Waals surface area contributed by atoms with Gasteiger partial charge in [-0.1, -0.05) is 37.3 Å². The van der Waals surface area contributed by atoms with Crippen molar-refractivity contribution in [2.45, 2.75) is 20.3 Å². The molecule has 0 bridgehead atoms. The summed E-state index contributed by atoms with van der Waals surface area (Å²) >= 11 is 1.41. The monoisotopic (exact) mass is 465 g/mol. The first-order valence-corrected chi connectivity index (χ1v) is 11.8. The molecule has 9 nitrogen and oxygen atoms in total. The molecule has 2 amide bonds. The number of nitrogens with one attached hydrogen (secondary N) is 2. The van der Waals surface area contributed by atoms with Gasteiger partial charge >= 0.3 is 0 Å². The molecule has 4 rings (SSSR count). The number of fused-ring (bicyclic) bond motifs is 3. The molecule has 1 aromatic carbocycles. The lowest BCUT2D eigenvalue weighted by atomic mass is 10.1. The van der Waals surface area contributed by atoms with Crippen molar-refractivity contribution in [3.05, 3.63) is 48.0 Å². The van der Waals surface area contributed by atoms with Gasteiger partial charge in [0, 0.05) is 30.9 Å². The number of hydrogen-bond donors (Lipinski definition) is 2. The Labute approximate surface area is 195 Å². The van der Waals surface area contributed by atoms with Crippen LogP contribution in [-0.2, 0) is 0 Å². The molecule has 0 aliphatic rings. The summed E-state index contributed by atoms with van der Waals surface area (Å²) in [7, 11) is 1.61. The van der Waals surface area contributed by atoms with Gasteiger partial charge in [-0.3, -0.25) is 14.0 Å². The molecule has 172 valence electrons. The number of thiazole rings is 1. The molecule has 0 atom stereocenters. The van der Waals surface area contributed by atoms with Gasteiger partial charge < -0.3 is 15.5 Å². The van der Waals surface area contributed by atoms with Crippen LogP contribution in [0.2, 0.25) is 0 Å². The van der Waals surface area contributed by atoms with Gasteiger partial charge in [0.25, 0.3) is 11.8 Å². The molecule has 0 unspecified atom stereocenters. The fourth-order valence-corrected chi connectivity index (χ4v) is 4.56. The van der Waals surface area contributed by atoms with Crippen LogP contribution in [0.4, 0.5) is 0 Å². The van der Waals surface area contributed by atoms with E-state index in [4.69, 9.17) is 4.98 Å². The first-order chi connectivity index (χ1) is 16.0. The number of carbonyl (C=O) groups excluding carboxylic acids is 2. The maximum absolute atomic E-state index is 12.5. The van der Waals surface area contributed by atoms with Crippen LogP contribution in [0.25, 0.3) is 26.6 Å². The standard InChI is InChI=1S/C23H27N7O2S/c1-4-29(5-2)12-6-11-25-21(32)19-26-13-18-22(28-19)33-23-27-17(14-30(18)23)15-7-9-16(10-8-15)20(31)24-3/h7-10,13-14H,4-6,11-12H2,1-3H3,(H,24,31)(H,25,32). The zero-order valence-corrected chi connectivity index (χ0v) is 19.8. The van der Waals surface area contributed by atoms with E-state index < -0.39 is 0 Å². The van der Waals surface area contributed by atoms with Gasteiger partial charge in [-0.2, -0.15) is 0 Å². The molecule has 10 heteroatoms. The van der Waals surface area contributed by atoms with E-state index in [1.165, 1.54) is 11.3 Å². The molecule has 3 aromatic heterocycles. The molecular weight excluding hydrogens is 438 g/mol. The third kappa shape index (κ3) is 4.86. The molecule has 0 saturated heterocycles. The number of rotatable bonds is 9. The predicted molar refractivity (Wildman–Crippen MR) is 130 cm³/mol. The van der Waals surface area contributed by atoms with E-state index in [1.807, 2.05) is 22.7 Å². The average molecular weight is 466 g/mol. The van der Waals surface area contributed by atoms with E-state index in [9.17, 15) is 9.59 Å². The van der Waals surface area contributed by atoms with Crippen LogP contribution >= 0.6 is 11.3 Å². The van der Waals surface area contributed by atoms with Crippen LogP contribution in [0, 0.1) is 0 Å². The molecule has 33 heavy (non-hydrogen) atoms. The highest BCUT2D eigenvalue weighted by Gasteiger charge is 2.15. The van der Waals surface area contributed by atoms with E-state index >= 15 is 0 Å². The van der Waals surface area contributed by atoms with E-state index in [2.05, 4.69) is 39.3 Å². The van der Waals surface area contributed by atoms with Gasteiger partial charge in [-0.05, 0) is 38.2 Å². The van der Waals surface area contributed by atoms with E-state index in [-0.39, 0.29) is 17.6 Å². The Morgan fingerprint density at radius 1 is 1.09 bits per heavy atom. The Balaban J connectivity index is 1.47. The maximum atomic E-state index is 12.5. The molecule has 0 fully saturated rings. The van der Waals surface area contributed by atoms with Crippen molar-refractivity contribution in [3.8, 4) is 11.3 Å². The molecule has 3 heterocycles. The normalized spacial score (nSPS) is 11.4. The number of carbonyl (C=O) groups is 2. The number of aromatic nitrogens is 4. The van der Waals surface area contributed by atoms with Crippen molar-refractivity contribution < 1.29 is 9.59 Å². The average Bonchev–Trinajstić information content (AvgIpc) is 3.41. The summed E-state index contributed by atoms with van der Waals surface area (Å²) in [5.41, 5.74) is 3.10. The maximum Gasteiger partial charge on any atom is 0.289 e. The summed E-state index contributed by atoms with van der Waals surface area (Å²) in [6.07, 6.45) is 4.46. The molecule has 2 N–H and O–H groups in total. The number of imidazole rings is 1. The summed E-state index contributed by atoms with van der Waals surface area (Å²) in [5, 5.41) is 5.52. The van der Waals surface area contributed by atoms with Gasteiger partial charge in [-0.15, -0.1) is 0 Å². The van der Waals surface area contributed by atoms with Crippen LogP contribution in [0.1, 0.15) is 41.2 Å². The lowest BCUT2D eigenvalue weighted by molar-refractivity contribution is 0.0939. The number of nitrogens with zero attached hydrogens (tertiary/aromatic N) is 5. The Morgan fingerprint density at radius 3 is 2.55 bits per heavy atom. The summed E-state index contributed by atoms with van der Waals surface area (Å²) < 4.78 is 1.92. The van der Waals surface area contributed by atoms with Crippen LogP contribution in [-0.4, -0.2) is 69.3 Å². The zero-order chi connectivity index (χ0) is 23.4. The Hall–Kier alpha value is -3.37. The summed E-state index contributed by atoms with van der Waals surface area (Å²) in [5.74, 6) is -0.224. The lowest BCUT2D eigenvalue weighted by Crippen LogP contribution is -2.30. The first kappa shape index (κ1) is 22.8. The van der Waals surface area contributed by atoms with Gasteiger partial charge in [0.1, 0.15) is 10.3 Å². The summed E-state index contributed by atoms with van der Waals surface area (Å²) in [6, 6.07) is 7.29. The van der Waals surface area contributed by atoms with Gasteiger partial charge in [0.15, 0.2) is 4.96 Å². The smallest absolute Gasteiger partial charge is 0.289 e. The van der Waals surface area contributed by atoms with Crippen LogP contribution < -0.4 is 10.6 Å². The van der Waals surface area contributed by atoms with E-state index in [0.29, 0.717) is 16.9 Å². The SMILES string of the molecule is CCN(CC)CCCNC(=O)c1ncc2c(n1)sc1nc(-c3ccc(C(=O)NC)cc3)cn12. The third-order valence-corrected chi connectivity index (χ3v) is 6.53. The van der Waals surface area contributed by atoms with Crippen LogP contribution in [0.15, 0.2) is 36.7 Å². The minimum Gasteiger partial charge on any atom is -0.355 e. The lowest BCUT2D eigenvalue weighted by Gasteiger charge is -2.17. The van der Waals surface area contributed by atoms with E-state index in [1.54, 1.807) is 25.4 Å². The van der Waals surface area contributed by atoms with Crippen molar-refractivity contribution in [2.24, 2.45) is 0 Å². The molecule has 0 radical (unpaired) electrons. The highest BCUT2D eigenvalue weighted by Crippen LogP contribution is 2.28. The largest absolute Gasteiger partial charge is 0.355 e. The second kappa shape index (κ2) is 10.1. The van der Waals surface area contributed by atoms with Crippen LogP contribution in [0.5, 0.6) is 0 Å². The molecule has 0 aliphatic carbocycles. The Bertz CT molecular complexity index is 1280. The first-order valence-electron chi connectivity index (χ1n) is 11.0. The number of amides is 2. The van der Waals surface area contributed by atoms with Crippen molar-refractivity contribution >= 4 is 38.5 Å². The van der Waals surface area contributed by atoms with Gasteiger partial charge in [0.05, 0.1) is 11.9 Å². The highest BCUT2D eigenvalue weighted by molar-refractivity contribution is 7.23. The van der Waals surface area contributed by atoms with E-state index in [0.717, 1.165) is 47.8 Å². The van der Waals surface area contributed by atoms with Crippen LogP contribution in [0.3, 0.4) is 0 Å². The fourth-order valence-electron chi connectivity index (χ4n) is 3.60. The van der Waals surface area contributed by atoms with Crippen molar-refractivity contribution in [3.63, 3.8) is 0 Å². The second-order valence-electron chi connectivity index (χ2n) is 7.56. The van der Waals surface area contributed by atoms with Crippen molar-refractivity contribution in [1.29, 1.82) is 0 Å². The quantitative estimate of drug-likeness (QED) is 0.368. The van der Waals surface area contributed by atoms with Gasteiger partial charge in [0.2, 0.25) is 5.82 Å². The zero-order valence-electron chi connectivity index (χ0n) is 19.0. The molecule has 0 aliphatic heterocycles. The number of benzene rings is 1. The Kier molecular flexibility index (Phi) is 6.95. The minimum atomic E-state index is -0.264. The second-order valence-corrected chi connectivity index (χ2v) is 8.51. The minimum absolute atomic E-state index is 0.126. The van der Waals surface area contributed by atoms with Crippen molar-refractivity contribution in [2.75, 3.05) is 33.2 Å². The summed E-state index contributed by atoms with van der Waals surface area (Å²) in [6.45, 7) is 7.82. The predicted octanol–water partition coefficient (Wildman–Crippen LogP) is 2.83. The fraction of sp³-hybridized carbons (Fsp3) is 0.348. The third-order valence-electron chi connectivity index (χ3n) is 5.56. The molecule has 0 spiro atoms. The molecule has 0 saturated carbocycles. The van der Waals surface area contributed by atoms with Gasteiger partial charge in [-0.25, -0.2) is 15.0 Å². The topological polar surface area (TPSA) is 105 Å². The number of hydrogen-bond acceptors (Lipinski definition) is 7. The van der Waals surface area contributed by atoms with Crippen molar-refractivity contribution in [1.82, 2.24) is 34.9 Å².